The largest absolute Gasteiger partial charge is 0.390 e. The first kappa shape index (κ1) is 15.5. The van der Waals surface area contributed by atoms with Gasteiger partial charge in [-0.15, -0.1) is 0 Å². The van der Waals surface area contributed by atoms with Crippen LogP contribution in [0.5, 0.6) is 0 Å². The second kappa shape index (κ2) is 5.79. The third kappa shape index (κ3) is 2.37. The van der Waals surface area contributed by atoms with Crippen molar-refractivity contribution in [3.8, 4) is 6.07 Å². The fourth-order valence-electron chi connectivity index (χ4n) is 4.99. The van der Waals surface area contributed by atoms with Crippen molar-refractivity contribution in [2.24, 2.45) is 0 Å². The highest BCUT2D eigenvalue weighted by Gasteiger charge is 2.47. The van der Waals surface area contributed by atoms with Gasteiger partial charge in [0.15, 0.2) is 0 Å². The Morgan fingerprint density at radius 1 is 1.12 bits per heavy atom. The van der Waals surface area contributed by atoms with E-state index in [1.807, 2.05) is 24.3 Å². The molecular formula is C21H24N2O. The van der Waals surface area contributed by atoms with Gasteiger partial charge in [-0.1, -0.05) is 37.6 Å². The molecule has 0 amide bonds. The Hall–Kier alpha value is -2.05. The Labute approximate surface area is 143 Å². The molecule has 2 aromatic carbocycles. The minimum atomic E-state index is -0.487. The van der Waals surface area contributed by atoms with Crippen molar-refractivity contribution in [2.75, 3.05) is 4.90 Å². The Kier molecular flexibility index (Phi) is 3.73. The highest BCUT2D eigenvalue weighted by atomic mass is 16.3. The zero-order chi connectivity index (χ0) is 16.7. The van der Waals surface area contributed by atoms with Crippen molar-refractivity contribution < 1.29 is 5.11 Å². The topological polar surface area (TPSA) is 47.3 Å². The lowest BCUT2D eigenvalue weighted by molar-refractivity contribution is -0.00644. The molecule has 0 spiro atoms. The van der Waals surface area contributed by atoms with Crippen LogP contribution in [0.2, 0.25) is 0 Å². The van der Waals surface area contributed by atoms with E-state index in [1.165, 1.54) is 5.69 Å². The Balaban J connectivity index is 1.76. The second-order valence-corrected chi connectivity index (χ2v) is 7.46. The van der Waals surface area contributed by atoms with Gasteiger partial charge in [0.1, 0.15) is 0 Å². The summed E-state index contributed by atoms with van der Waals surface area (Å²) in [6.07, 6.45) is 5.99. The van der Waals surface area contributed by atoms with Crippen LogP contribution in [0.4, 0.5) is 5.69 Å². The van der Waals surface area contributed by atoms with Crippen LogP contribution in [-0.2, 0) is 0 Å². The summed E-state index contributed by atoms with van der Waals surface area (Å²) in [5.74, 6) is 0. The van der Waals surface area contributed by atoms with Crippen LogP contribution in [-0.4, -0.2) is 22.8 Å². The summed E-state index contributed by atoms with van der Waals surface area (Å²) in [5.41, 5.74) is 1.48. The lowest BCUT2D eigenvalue weighted by Gasteiger charge is -2.45. The first-order valence-corrected chi connectivity index (χ1v) is 9.08. The van der Waals surface area contributed by atoms with Crippen molar-refractivity contribution >= 4 is 16.5 Å². The van der Waals surface area contributed by atoms with Gasteiger partial charge in [-0.2, -0.15) is 5.26 Å². The summed E-state index contributed by atoms with van der Waals surface area (Å²) in [4.78, 5) is 2.54. The summed E-state index contributed by atoms with van der Waals surface area (Å²) in [7, 11) is 0. The standard InChI is InChI=1S/C21H24N2O/c1-2-11-21(24)12-16-8-9-17(13-21)23(16)20-10-7-15(14-22)18-5-3-4-6-19(18)20/h3-7,10,16-17,24H,2,8-9,11-13H2,1H3/t16-,17+,21-. The number of benzene rings is 2. The summed E-state index contributed by atoms with van der Waals surface area (Å²) in [5, 5.41) is 22.5. The number of piperidine rings is 1. The lowest BCUT2D eigenvalue weighted by atomic mass is 9.82. The number of aliphatic hydroxyl groups is 1. The summed E-state index contributed by atoms with van der Waals surface area (Å²) in [6, 6.07) is 15.4. The minimum Gasteiger partial charge on any atom is -0.390 e. The van der Waals surface area contributed by atoms with Gasteiger partial charge in [-0.05, 0) is 44.2 Å². The van der Waals surface area contributed by atoms with Crippen LogP contribution in [0.15, 0.2) is 36.4 Å². The van der Waals surface area contributed by atoms with Crippen molar-refractivity contribution in [2.45, 2.75) is 63.1 Å². The van der Waals surface area contributed by atoms with Crippen LogP contribution in [0.25, 0.3) is 10.8 Å². The van der Waals surface area contributed by atoms with Gasteiger partial charge in [0, 0.05) is 28.5 Å². The van der Waals surface area contributed by atoms with E-state index in [4.69, 9.17) is 0 Å². The smallest absolute Gasteiger partial charge is 0.0998 e. The molecule has 24 heavy (non-hydrogen) atoms. The normalized spacial score (nSPS) is 29.0. The molecule has 2 saturated heterocycles. The molecule has 124 valence electrons. The van der Waals surface area contributed by atoms with Crippen molar-refractivity contribution in [3.05, 3.63) is 42.0 Å². The molecule has 2 fully saturated rings. The van der Waals surface area contributed by atoms with E-state index in [0.717, 1.165) is 54.9 Å². The van der Waals surface area contributed by atoms with E-state index in [9.17, 15) is 10.4 Å². The lowest BCUT2D eigenvalue weighted by Crippen LogP contribution is -2.51. The van der Waals surface area contributed by atoms with Crippen LogP contribution < -0.4 is 4.90 Å². The van der Waals surface area contributed by atoms with Crippen molar-refractivity contribution in [3.63, 3.8) is 0 Å². The highest BCUT2D eigenvalue weighted by Crippen LogP contribution is 2.46. The third-order valence-electron chi connectivity index (χ3n) is 5.87. The number of hydrogen-bond acceptors (Lipinski definition) is 3. The quantitative estimate of drug-likeness (QED) is 0.913. The van der Waals surface area contributed by atoms with Crippen LogP contribution >= 0.6 is 0 Å². The van der Waals surface area contributed by atoms with Gasteiger partial charge in [0.2, 0.25) is 0 Å². The van der Waals surface area contributed by atoms with Gasteiger partial charge in [0.25, 0.3) is 0 Å². The van der Waals surface area contributed by atoms with Crippen LogP contribution in [0.1, 0.15) is 51.0 Å². The Morgan fingerprint density at radius 2 is 1.79 bits per heavy atom. The predicted octanol–water partition coefficient (Wildman–Crippen LogP) is 4.37. The van der Waals surface area contributed by atoms with E-state index in [1.54, 1.807) is 0 Å². The fraction of sp³-hybridized carbons (Fsp3) is 0.476. The summed E-state index contributed by atoms with van der Waals surface area (Å²) < 4.78 is 0. The van der Waals surface area contributed by atoms with Crippen molar-refractivity contribution in [1.82, 2.24) is 0 Å². The first-order valence-electron chi connectivity index (χ1n) is 9.08. The average molecular weight is 320 g/mol. The second-order valence-electron chi connectivity index (χ2n) is 7.46. The molecule has 2 aromatic rings. The molecular weight excluding hydrogens is 296 g/mol. The maximum atomic E-state index is 10.9. The van der Waals surface area contributed by atoms with E-state index in [2.05, 4.69) is 30.0 Å². The molecule has 3 nitrogen and oxygen atoms in total. The van der Waals surface area contributed by atoms with Gasteiger partial charge in [-0.25, -0.2) is 0 Å². The molecule has 0 radical (unpaired) electrons. The molecule has 2 heterocycles. The number of anilines is 1. The highest BCUT2D eigenvalue weighted by molar-refractivity contribution is 5.98. The summed E-state index contributed by atoms with van der Waals surface area (Å²) in [6.45, 7) is 2.15. The van der Waals surface area contributed by atoms with Crippen LogP contribution in [0.3, 0.4) is 0 Å². The number of hydrogen-bond donors (Lipinski definition) is 1. The van der Waals surface area contributed by atoms with Gasteiger partial charge >= 0.3 is 0 Å². The predicted molar refractivity (Wildman–Crippen MR) is 97.0 cm³/mol. The monoisotopic (exact) mass is 320 g/mol. The van der Waals surface area contributed by atoms with Crippen LogP contribution in [0, 0.1) is 11.3 Å². The zero-order valence-corrected chi connectivity index (χ0v) is 14.2. The third-order valence-corrected chi connectivity index (χ3v) is 5.87. The zero-order valence-electron chi connectivity index (χ0n) is 14.2. The average Bonchev–Trinajstić information content (AvgIpc) is 2.86. The van der Waals surface area contributed by atoms with E-state index >= 15 is 0 Å². The molecule has 2 aliphatic rings. The Morgan fingerprint density at radius 3 is 2.42 bits per heavy atom. The van der Waals surface area contributed by atoms with E-state index in [0.29, 0.717) is 12.1 Å². The number of nitrogens with zero attached hydrogens (tertiary/aromatic N) is 2. The maximum Gasteiger partial charge on any atom is 0.0998 e. The van der Waals surface area contributed by atoms with E-state index < -0.39 is 5.60 Å². The van der Waals surface area contributed by atoms with E-state index in [-0.39, 0.29) is 0 Å². The molecule has 0 unspecified atom stereocenters. The number of nitriles is 1. The molecule has 3 heteroatoms. The SMILES string of the molecule is CCC[C@@]1(O)C[C@H]2CC[C@@H](C1)N2c1ccc(C#N)c2ccccc12. The fourth-order valence-corrected chi connectivity index (χ4v) is 4.99. The molecule has 0 aliphatic carbocycles. The molecule has 2 aliphatic heterocycles. The molecule has 1 N–H and O–H groups in total. The molecule has 0 aromatic heterocycles. The molecule has 0 saturated carbocycles. The Bertz CT molecular complexity index is 793. The van der Waals surface area contributed by atoms with Gasteiger partial charge in [0.05, 0.1) is 17.2 Å². The van der Waals surface area contributed by atoms with Gasteiger partial charge < -0.3 is 10.0 Å². The maximum absolute atomic E-state index is 10.9. The van der Waals surface area contributed by atoms with Crippen molar-refractivity contribution in [1.29, 1.82) is 5.26 Å². The number of rotatable bonds is 3. The molecule has 3 atom stereocenters. The minimum absolute atomic E-state index is 0.414. The molecule has 2 bridgehead atoms. The summed E-state index contributed by atoms with van der Waals surface area (Å²) >= 11 is 0. The number of fused-ring (bicyclic) bond motifs is 3. The molecule has 4 rings (SSSR count). The first-order chi connectivity index (χ1) is 11.6. The van der Waals surface area contributed by atoms with Gasteiger partial charge in [-0.3, -0.25) is 0 Å².